The van der Waals surface area contributed by atoms with E-state index in [1.807, 2.05) is 6.92 Å². The van der Waals surface area contributed by atoms with E-state index >= 15 is 0 Å². The highest BCUT2D eigenvalue weighted by molar-refractivity contribution is 7.99. The Morgan fingerprint density at radius 2 is 1.73 bits per heavy atom. The van der Waals surface area contributed by atoms with Crippen molar-refractivity contribution in [2.45, 2.75) is 57.7 Å². The van der Waals surface area contributed by atoms with Crippen molar-refractivity contribution >= 4 is 29.5 Å². The molecule has 9 heteroatoms. The van der Waals surface area contributed by atoms with Gasteiger partial charge in [0.2, 0.25) is 17.7 Å². The van der Waals surface area contributed by atoms with Gasteiger partial charge in [0.15, 0.2) is 0 Å². The Morgan fingerprint density at radius 3 is 2.15 bits per heavy atom. The Morgan fingerprint density at radius 1 is 1.15 bits per heavy atom. The van der Waals surface area contributed by atoms with Crippen LogP contribution in [0.25, 0.3) is 0 Å². The smallest absolute Gasteiger partial charge is 0.246 e. The van der Waals surface area contributed by atoms with Crippen molar-refractivity contribution in [1.82, 2.24) is 9.80 Å². The number of rotatable bonds is 12. The molecular weight excluding hydrogens is 356 g/mol. The Labute approximate surface area is 160 Å². The maximum atomic E-state index is 13.0. The number of nitrogens with zero attached hydrogens (tertiary/aromatic N) is 2. The summed E-state index contributed by atoms with van der Waals surface area (Å²) < 4.78 is 0. The molecule has 2 atom stereocenters. The zero-order valence-corrected chi connectivity index (χ0v) is 17.3. The number of carbonyl (C=O) groups is 3. The Balaban J connectivity index is 5.44. The standard InChI is InChI=1S/C17H34N4O4S/c1-6-7-14(22)20(4)13(11-26-9-8-18)16(24)21(5)12(15(19)23)10-17(2,3)25/h12-13,25H,6-11,18H2,1-5H3,(H2,19,23)/t12-,13+/m0/s1. The Kier molecular flexibility index (Phi) is 10.8. The molecule has 0 spiro atoms. The molecule has 0 aliphatic rings. The van der Waals surface area contributed by atoms with Crippen molar-refractivity contribution in [3.8, 4) is 0 Å². The fraction of sp³-hybridized carbons (Fsp3) is 0.824. The second-order valence-electron chi connectivity index (χ2n) is 7.02. The molecule has 0 aliphatic heterocycles. The molecule has 0 aromatic heterocycles. The summed E-state index contributed by atoms with van der Waals surface area (Å²) in [5, 5.41) is 10.0. The number of nitrogens with two attached hydrogens (primary N) is 2. The molecule has 3 amide bonds. The van der Waals surface area contributed by atoms with Gasteiger partial charge in [-0.3, -0.25) is 14.4 Å². The lowest BCUT2D eigenvalue weighted by atomic mass is 9.97. The summed E-state index contributed by atoms with van der Waals surface area (Å²) in [6.45, 7) is 5.46. The Bertz CT molecular complexity index is 482. The summed E-state index contributed by atoms with van der Waals surface area (Å²) in [4.78, 5) is 39.8. The van der Waals surface area contributed by atoms with Gasteiger partial charge in [-0.05, 0) is 20.3 Å². The minimum Gasteiger partial charge on any atom is -0.390 e. The highest BCUT2D eigenvalue weighted by Gasteiger charge is 2.36. The first-order chi connectivity index (χ1) is 12.0. The predicted molar refractivity (Wildman–Crippen MR) is 105 cm³/mol. The zero-order chi connectivity index (χ0) is 20.5. The molecule has 0 saturated heterocycles. The third-order valence-corrected chi connectivity index (χ3v) is 5.06. The normalized spacial score (nSPS) is 13.8. The van der Waals surface area contributed by atoms with E-state index in [9.17, 15) is 19.5 Å². The maximum absolute atomic E-state index is 13.0. The molecule has 5 N–H and O–H groups in total. The minimum absolute atomic E-state index is 0.0137. The second-order valence-corrected chi connectivity index (χ2v) is 8.17. The van der Waals surface area contributed by atoms with Crippen molar-refractivity contribution < 1.29 is 19.5 Å². The lowest BCUT2D eigenvalue weighted by Gasteiger charge is -2.35. The van der Waals surface area contributed by atoms with E-state index < -0.39 is 23.6 Å². The van der Waals surface area contributed by atoms with E-state index in [0.29, 0.717) is 30.9 Å². The molecule has 0 heterocycles. The van der Waals surface area contributed by atoms with Gasteiger partial charge in [-0.1, -0.05) is 6.92 Å². The van der Waals surface area contributed by atoms with Crippen LogP contribution in [0.15, 0.2) is 0 Å². The maximum Gasteiger partial charge on any atom is 0.246 e. The van der Waals surface area contributed by atoms with Gasteiger partial charge >= 0.3 is 0 Å². The van der Waals surface area contributed by atoms with Crippen LogP contribution >= 0.6 is 11.8 Å². The number of likely N-dealkylation sites (N-methyl/N-ethyl adjacent to an activating group) is 2. The fourth-order valence-electron chi connectivity index (χ4n) is 2.48. The number of hydrogen-bond acceptors (Lipinski definition) is 6. The summed E-state index contributed by atoms with van der Waals surface area (Å²) in [5.41, 5.74) is 9.78. The van der Waals surface area contributed by atoms with Crippen LogP contribution in [0.5, 0.6) is 0 Å². The number of thioether (sulfide) groups is 1. The van der Waals surface area contributed by atoms with Gasteiger partial charge in [0.05, 0.1) is 5.60 Å². The van der Waals surface area contributed by atoms with Crippen LogP contribution in [0, 0.1) is 0 Å². The minimum atomic E-state index is -1.16. The summed E-state index contributed by atoms with van der Waals surface area (Å²) >= 11 is 1.47. The third kappa shape index (κ3) is 8.37. The lowest BCUT2D eigenvalue weighted by molar-refractivity contribution is -0.147. The number of amides is 3. The molecule has 0 unspecified atom stereocenters. The topological polar surface area (TPSA) is 130 Å². The summed E-state index contributed by atoms with van der Waals surface area (Å²) in [7, 11) is 3.06. The van der Waals surface area contributed by atoms with Crippen molar-refractivity contribution in [2.24, 2.45) is 11.5 Å². The molecule has 0 saturated carbocycles. The van der Waals surface area contributed by atoms with Gasteiger partial charge in [0.25, 0.3) is 0 Å². The van der Waals surface area contributed by atoms with E-state index in [2.05, 4.69) is 0 Å². The average molecular weight is 391 g/mol. The molecule has 0 aliphatic carbocycles. The van der Waals surface area contributed by atoms with Crippen LogP contribution in [0.1, 0.15) is 40.0 Å². The number of hydrogen-bond donors (Lipinski definition) is 3. The first kappa shape index (κ1) is 24.7. The van der Waals surface area contributed by atoms with Crippen LogP contribution in [-0.4, -0.2) is 82.5 Å². The highest BCUT2D eigenvalue weighted by atomic mass is 32.2. The second kappa shape index (κ2) is 11.4. The summed E-state index contributed by atoms with van der Waals surface area (Å²) in [6.07, 6.45) is 1.03. The first-order valence-electron chi connectivity index (χ1n) is 8.78. The van der Waals surface area contributed by atoms with Gasteiger partial charge in [-0.2, -0.15) is 11.8 Å². The van der Waals surface area contributed by atoms with Gasteiger partial charge in [0, 0.05) is 45.0 Å². The van der Waals surface area contributed by atoms with Crippen molar-refractivity contribution in [1.29, 1.82) is 0 Å². The molecule has 0 bridgehead atoms. The van der Waals surface area contributed by atoms with Crippen LogP contribution in [0.3, 0.4) is 0 Å². The Hall–Kier alpha value is -1.32. The molecular formula is C17H34N4O4S. The average Bonchev–Trinajstić information content (AvgIpc) is 2.54. The van der Waals surface area contributed by atoms with E-state index in [-0.39, 0.29) is 18.2 Å². The van der Waals surface area contributed by atoms with Gasteiger partial charge in [-0.25, -0.2) is 0 Å². The zero-order valence-electron chi connectivity index (χ0n) is 16.5. The summed E-state index contributed by atoms with van der Waals surface area (Å²) in [6, 6.07) is -1.68. The third-order valence-electron chi connectivity index (χ3n) is 3.98. The predicted octanol–water partition coefficient (Wildman–Crippen LogP) is -0.221. The fourth-order valence-corrected chi connectivity index (χ4v) is 3.40. The molecule has 0 aromatic rings. The van der Waals surface area contributed by atoms with Gasteiger partial charge in [0.1, 0.15) is 12.1 Å². The van der Waals surface area contributed by atoms with Crippen LogP contribution in [0.2, 0.25) is 0 Å². The first-order valence-corrected chi connectivity index (χ1v) is 9.93. The molecule has 0 aromatic carbocycles. The highest BCUT2D eigenvalue weighted by Crippen LogP contribution is 2.18. The van der Waals surface area contributed by atoms with Gasteiger partial charge < -0.3 is 26.4 Å². The van der Waals surface area contributed by atoms with Crippen molar-refractivity contribution in [2.75, 3.05) is 32.1 Å². The monoisotopic (exact) mass is 390 g/mol. The molecule has 0 fully saturated rings. The van der Waals surface area contributed by atoms with E-state index in [0.717, 1.165) is 0 Å². The molecule has 26 heavy (non-hydrogen) atoms. The van der Waals surface area contributed by atoms with Crippen molar-refractivity contribution in [3.63, 3.8) is 0 Å². The van der Waals surface area contributed by atoms with Gasteiger partial charge in [-0.15, -0.1) is 0 Å². The van der Waals surface area contributed by atoms with Crippen molar-refractivity contribution in [3.05, 3.63) is 0 Å². The van der Waals surface area contributed by atoms with E-state index in [1.54, 1.807) is 20.9 Å². The van der Waals surface area contributed by atoms with Crippen LogP contribution < -0.4 is 11.5 Å². The number of carbonyl (C=O) groups excluding carboxylic acids is 3. The van der Waals surface area contributed by atoms with Crippen LogP contribution in [0.4, 0.5) is 0 Å². The summed E-state index contributed by atoms with van der Waals surface area (Å²) in [5.74, 6) is -0.175. The molecule has 0 rings (SSSR count). The quantitative estimate of drug-likeness (QED) is 0.395. The number of aliphatic hydroxyl groups is 1. The molecule has 0 radical (unpaired) electrons. The molecule has 152 valence electrons. The van der Waals surface area contributed by atoms with E-state index in [4.69, 9.17) is 11.5 Å². The SMILES string of the molecule is CCCC(=O)N(C)[C@H](CSCCN)C(=O)N(C)[C@@H](CC(C)(C)O)C(N)=O. The van der Waals surface area contributed by atoms with Crippen LogP contribution in [-0.2, 0) is 14.4 Å². The molecule has 8 nitrogen and oxygen atoms in total. The lowest BCUT2D eigenvalue weighted by Crippen LogP contribution is -2.56. The largest absolute Gasteiger partial charge is 0.390 e. The van der Waals surface area contributed by atoms with E-state index in [1.165, 1.54) is 28.6 Å². The number of primary amides is 1.